The van der Waals surface area contributed by atoms with Gasteiger partial charge in [0.2, 0.25) is 5.91 Å². The van der Waals surface area contributed by atoms with Gasteiger partial charge in [-0.1, -0.05) is 33.6 Å². The van der Waals surface area contributed by atoms with Crippen molar-refractivity contribution >= 4 is 29.6 Å². The standard InChI is InChI=1S/C13H22N2O3S.Na/c1-4-6-7-8-19-9(3)13(5-2)10(16)14-12(18)15-11(13)17;/h9H,4-8H2,1-3H3,(H2,14,15,16,17,18);/q;+1/p-1. The van der Waals surface area contributed by atoms with Crippen molar-refractivity contribution in [2.75, 3.05) is 5.75 Å². The summed E-state index contributed by atoms with van der Waals surface area (Å²) in [7, 11) is 0. The molecule has 2 atom stereocenters. The molecule has 0 fully saturated rings. The fraction of sp³-hybridized carbons (Fsp3) is 0.769. The van der Waals surface area contributed by atoms with E-state index in [1.165, 1.54) is 0 Å². The molecular formula is C13H21N2NaO3S. The van der Waals surface area contributed by atoms with Gasteiger partial charge in [-0.15, -0.1) is 0 Å². The third-order valence-electron chi connectivity index (χ3n) is 3.58. The Morgan fingerprint density at radius 3 is 2.50 bits per heavy atom. The zero-order chi connectivity index (χ0) is 14.5. The molecule has 1 aliphatic heterocycles. The van der Waals surface area contributed by atoms with E-state index in [2.05, 4.69) is 17.2 Å². The summed E-state index contributed by atoms with van der Waals surface area (Å²) in [6.07, 6.45) is 3.70. The molecule has 20 heavy (non-hydrogen) atoms. The minimum absolute atomic E-state index is 0. The number of nitrogens with zero attached hydrogens (tertiary/aromatic N) is 1. The second-order valence-corrected chi connectivity index (χ2v) is 6.17. The summed E-state index contributed by atoms with van der Waals surface area (Å²) < 4.78 is 0. The molecule has 1 aliphatic rings. The first-order valence-electron chi connectivity index (χ1n) is 6.72. The van der Waals surface area contributed by atoms with E-state index in [0.717, 1.165) is 25.0 Å². The van der Waals surface area contributed by atoms with Crippen molar-refractivity contribution in [3.8, 4) is 0 Å². The minimum atomic E-state index is -1.19. The number of unbranched alkanes of at least 4 members (excludes halogenated alkanes) is 2. The molecule has 0 bridgehead atoms. The van der Waals surface area contributed by atoms with Crippen LogP contribution in [0.2, 0.25) is 0 Å². The number of rotatable bonds is 7. The summed E-state index contributed by atoms with van der Waals surface area (Å²) >= 11 is 1.60. The van der Waals surface area contributed by atoms with Crippen LogP contribution in [-0.2, 0) is 9.59 Å². The van der Waals surface area contributed by atoms with Crippen LogP contribution in [0.5, 0.6) is 0 Å². The monoisotopic (exact) mass is 308 g/mol. The Kier molecular flexibility index (Phi) is 9.06. The van der Waals surface area contributed by atoms with E-state index < -0.39 is 23.3 Å². The number of hydrogen-bond donors (Lipinski definition) is 1. The van der Waals surface area contributed by atoms with E-state index in [-0.39, 0.29) is 34.8 Å². The van der Waals surface area contributed by atoms with Crippen LogP contribution >= 0.6 is 11.8 Å². The van der Waals surface area contributed by atoms with E-state index in [0.29, 0.717) is 6.42 Å². The normalized spacial score (nSPS) is 23.6. The van der Waals surface area contributed by atoms with Crippen LogP contribution in [0.25, 0.3) is 0 Å². The van der Waals surface area contributed by atoms with Crippen LogP contribution in [0.15, 0.2) is 4.99 Å². The van der Waals surface area contributed by atoms with Gasteiger partial charge in [-0.05, 0) is 18.6 Å². The average molecular weight is 308 g/mol. The predicted octanol–water partition coefficient (Wildman–Crippen LogP) is -1.93. The smallest absolute Gasteiger partial charge is 0.846 e. The maximum absolute atomic E-state index is 12.1. The number of nitrogens with one attached hydrogen (secondary N) is 1. The largest absolute Gasteiger partial charge is 1.00 e. The summed E-state index contributed by atoms with van der Waals surface area (Å²) in [5.41, 5.74) is -1.19. The van der Waals surface area contributed by atoms with Gasteiger partial charge in [-0.2, -0.15) is 11.8 Å². The average Bonchev–Trinajstić information content (AvgIpc) is 2.34. The predicted molar refractivity (Wildman–Crippen MR) is 74.8 cm³/mol. The van der Waals surface area contributed by atoms with E-state index in [9.17, 15) is 14.7 Å². The number of carbonyl (C=O) groups excluding carboxylic acids is 2. The maximum atomic E-state index is 12.1. The summed E-state index contributed by atoms with van der Waals surface area (Å²) in [5, 5.41) is 13.1. The molecule has 0 aromatic rings. The fourth-order valence-electron chi connectivity index (χ4n) is 2.24. The number of aliphatic imine (C=N–C) groups is 1. The van der Waals surface area contributed by atoms with Gasteiger partial charge in [0, 0.05) is 5.25 Å². The van der Waals surface area contributed by atoms with Crippen LogP contribution < -0.4 is 40.0 Å². The van der Waals surface area contributed by atoms with Gasteiger partial charge in [0.25, 0.3) is 5.91 Å². The van der Waals surface area contributed by atoms with Crippen LogP contribution in [0, 0.1) is 5.41 Å². The molecule has 0 radical (unpaired) electrons. The van der Waals surface area contributed by atoms with E-state index in [1.807, 2.05) is 6.92 Å². The Hall–Kier alpha value is -0.0400. The topological polar surface area (TPSA) is 81.6 Å². The van der Waals surface area contributed by atoms with Crippen molar-refractivity contribution < 1.29 is 44.3 Å². The molecule has 108 valence electrons. The van der Waals surface area contributed by atoms with Gasteiger partial charge >= 0.3 is 29.6 Å². The summed E-state index contributed by atoms with van der Waals surface area (Å²) in [4.78, 5) is 27.5. The number of thioether (sulfide) groups is 1. The molecule has 0 aromatic carbocycles. The third-order valence-corrected chi connectivity index (χ3v) is 5.00. The third kappa shape index (κ3) is 4.23. The molecule has 1 N–H and O–H groups in total. The van der Waals surface area contributed by atoms with E-state index in [1.54, 1.807) is 18.7 Å². The second kappa shape index (κ2) is 9.07. The minimum Gasteiger partial charge on any atom is -0.846 e. The molecule has 0 aromatic heterocycles. The van der Waals surface area contributed by atoms with Crippen molar-refractivity contribution in [3.63, 3.8) is 0 Å². The number of amidine groups is 1. The second-order valence-electron chi connectivity index (χ2n) is 4.72. The molecule has 7 heteroatoms. The molecule has 2 amide bonds. The fourth-order valence-corrected chi connectivity index (χ4v) is 3.62. The molecule has 5 nitrogen and oxygen atoms in total. The first kappa shape index (κ1) is 20.0. The van der Waals surface area contributed by atoms with Gasteiger partial charge in [0.15, 0.2) is 0 Å². The Morgan fingerprint density at radius 1 is 1.35 bits per heavy atom. The van der Waals surface area contributed by atoms with Gasteiger partial charge in [0.05, 0.1) is 6.02 Å². The Labute approximate surface area is 146 Å². The van der Waals surface area contributed by atoms with E-state index >= 15 is 0 Å². The molecule has 0 saturated heterocycles. The molecular weight excluding hydrogens is 287 g/mol. The van der Waals surface area contributed by atoms with Crippen LogP contribution in [-0.4, -0.2) is 28.8 Å². The summed E-state index contributed by atoms with van der Waals surface area (Å²) in [6, 6.07) is -0.845. The van der Waals surface area contributed by atoms with Crippen LogP contribution in [0.4, 0.5) is 0 Å². The molecule has 0 aliphatic carbocycles. The van der Waals surface area contributed by atoms with Gasteiger partial charge in [-0.25, -0.2) is 4.99 Å². The van der Waals surface area contributed by atoms with Crippen molar-refractivity contribution in [2.24, 2.45) is 10.4 Å². The zero-order valence-electron chi connectivity index (χ0n) is 12.7. The number of amides is 2. The Balaban J connectivity index is 0.00000361. The van der Waals surface area contributed by atoms with Crippen molar-refractivity contribution in [1.82, 2.24) is 5.32 Å². The number of carbonyl (C=O) groups is 2. The Bertz CT molecular complexity index is 390. The Morgan fingerprint density at radius 2 is 2.00 bits per heavy atom. The van der Waals surface area contributed by atoms with Crippen LogP contribution in [0.3, 0.4) is 0 Å². The van der Waals surface area contributed by atoms with Crippen molar-refractivity contribution in [1.29, 1.82) is 0 Å². The molecule has 1 heterocycles. The summed E-state index contributed by atoms with van der Waals surface area (Å²) in [6.45, 7) is 5.78. The SMILES string of the molecule is CCCCCSC(C)C1(CC)C(=O)N=C([O-])NC1=O.[Na+]. The zero-order valence-corrected chi connectivity index (χ0v) is 15.5. The maximum Gasteiger partial charge on any atom is 1.00 e. The quantitative estimate of drug-likeness (QED) is 0.337. The van der Waals surface area contributed by atoms with Crippen molar-refractivity contribution in [2.45, 2.75) is 51.7 Å². The molecule has 1 rings (SSSR count). The molecule has 0 saturated carbocycles. The van der Waals surface area contributed by atoms with Crippen LogP contribution in [0.1, 0.15) is 46.5 Å². The van der Waals surface area contributed by atoms with Gasteiger partial charge < -0.3 is 10.4 Å². The summed E-state index contributed by atoms with van der Waals surface area (Å²) in [5.74, 6) is -0.194. The number of hydrogen-bond acceptors (Lipinski definition) is 4. The van der Waals surface area contributed by atoms with E-state index in [4.69, 9.17) is 0 Å². The molecule has 2 unspecified atom stereocenters. The first-order chi connectivity index (χ1) is 8.98. The first-order valence-corrected chi connectivity index (χ1v) is 7.77. The van der Waals surface area contributed by atoms with Gasteiger partial charge in [-0.3, -0.25) is 9.59 Å². The molecule has 0 spiro atoms. The van der Waals surface area contributed by atoms with Gasteiger partial charge in [0.1, 0.15) is 5.41 Å². The van der Waals surface area contributed by atoms with Crippen molar-refractivity contribution in [3.05, 3.63) is 0 Å².